The number of hydrogen-bond acceptors (Lipinski definition) is 5. The minimum Gasteiger partial charge on any atom is -0.444 e. The molecule has 23 heavy (non-hydrogen) atoms. The van der Waals surface area contributed by atoms with Gasteiger partial charge in [-0.25, -0.2) is 18.4 Å². The largest absolute Gasteiger partial charge is 0.444 e. The van der Waals surface area contributed by atoms with Crippen LogP contribution in [0.3, 0.4) is 0 Å². The number of aryl methyl sites for hydroxylation is 2. The first-order valence-corrected chi connectivity index (χ1v) is 9.39. The van der Waals surface area contributed by atoms with Crippen molar-refractivity contribution < 1.29 is 12.8 Å². The molecular formula is C15H28N4O3S. The number of oxazole rings is 1. The molecule has 1 aromatic rings. The Hall–Kier alpha value is -1.57. The molecule has 132 valence electrons. The van der Waals surface area contributed by atoms with Crippen LogP contribution < -0.4 is 10.6 Å². The summed E-state index contributed by atoms with van der Waals surface area (Å²) in [5, 5.41) is 6.10. The zero-order chi connectivity index (χ0) is 17.7. The fourth-order valence-electron chi connectivity index (χ4n) is 1.71. The van der Waals surface area contributed by atoms with Gasteiger partial charge in [0.15, 0.2) is 15.8 Å². The second kappa shape index (κ2) is 7.81. The van der Waals surface area contributed by atoms with E-state index in [2.05, 4.69) is 20.6 Å². The van der Waals surface area contributed by atoms with Gasteiger partial charge in [0.2, 0.25) is 5.89 Å². The maximum absolute atomic E-state index is 12.1. The van der Waals surface area contributed by atoms with Crippen molar-refractivity contribution in [3.8, 4) is 0 Å². The summed E-state index contributed by atoms with van der Waals surface area (Å²) in [6.45, 7) is 12.1. The Bertz CT molecular complexity index is 623. The summed E-state index contributed by atoms with van der Waals surface area (Å²) in [5.74, 6) is 1.92. The summed E-state index contributed by atoms with van der Waals surface area (Å²) >= 11 is 0. The topological polar surface area (TPSA) is 96.6 Å². The Labute approximate surface area is 138 Å². The average Bonchev–Trinajstić information content (AvgIpc) is 2.73. The molecule has 0 amide bonds. The molecule has 0 saturated heterocycles. The summed E-state index contributed by atoms with van der Waals surface area (Å²) in [6, 6.07) is 0. The van der Waals surface area contributed by atoms with Gasteiger partial charge in [0.1, 0.15) is 12.3 Å². The molecule has 0 saturated carbocycles. The highest BCUT2D eigenvalue weighted by atomic mass is 32.2. The number of hydrogen-bond donors (Lipinski definition) is 2. The molecule has 0 aliphatic rings. The van der Waals surface area contributed by atoms with E-state index in [1.807, 2.05) is 20.8 Å². The fraction of sp³-hybridized carbons (Fsp3) is 0.733. The molecule has 2 N–H and O–H groups in total. The predicted octanol–water partition coefficient (Wildman–Crippen LogP) is 1.56. The summed E-state index contributed by atoms with van der Waals surface area (Å²) in [4.78, 5) is 8.63. The third-order valence-corrected chi connectivity index (χ3v) is 5.99. The highest BCUT2D eigenvalue weighted by Crippen LogP contribution is 2.15. The van der Waals surface area contributed by atoms with E-state index in [1.54, 1.807) is 20.8 Å². The summed E-state index contributed by atoms with van der Waals surface area (Å²) in [7, 11) is -3.15. The molecule has 0 aromatic carbocycles. The lowest BCUT2D eigenvalue weighted by atomic mass is 10.3. The Balaban J connectivity index is 2.63. The van der Waals surface area contributed by atoms with Crippen molar-refractivity contribution in [2.45, 2.75) is 52.8 Å². The third-order valence-electron chi connectivity index (χ3n) is 3.39. The smallest absolute Gasteiger partial charge is 0.216 e. The molecule has 0 bridgehead atoms. The highest BCUT2D eigenvalue weighted by Gasteiger charge is 2.28. The average molecular weight is 344 g/mol. The van der Waals surface area contributed by atoms with E-state index in [0.29, 0.717) is 31.5 Å². The molecule has 7 nitrogen and oxygen atoms in total. The SMILES string of the molecule is CCNC(=NCc1nc(C)c(C)o1)NCCS(=O)(=O)C(C)(C)C. The van der Waals surface area contributed by atoms with Crippen molar-refractivity contribution in [1.82, 2.24) is 15.6 Å². The van der Waals surface area contributed by atoms with Crippen LogP contribution in [0.15, 0.2) is 9.41 Å². The lowest BCUT2D eigenvalue weighted by molar-refractivity contribution is 0.473. The van der Waals surface area contributed by atoms with E-state index < -0.39 is 14.6 Å². The van der Waals surface area contributed by atoms with Gasteiger partial charge in [-0.1, -0.05) is 0 Å². The van der Waals surface area contributed by atoms with Gasteiger partial charge in [-0.15, -0.1) is 0 Å². The normalized spacial score (nSPS) is 13.2. The first-order chi connectivity index (χ1) is 10.6. The number of nitrogens with one attached hydrogen (secondary N) is 2. The molecule has 1 heterocycles. The molecule has 0 aliphatic heterocycles. The molecule has 1 rings (SSSR count). The van der Waals surface area contributed by atoms with Crippen LogP contribution in [0.25, 0.3) is 0 Å². The van der Waals surface area contributed by atoms with Gasteiger partial charge >= 0.3 is 0 Å². The van der Waals surface area contributed by atoms with Crippen molar-refractivity contribution >= 4 is 15.8 Å². The van der Waals surface area contributed by atoms with Crippen molar-refractivity contribution in [3.63, 3.8) is 0 Å². The third kappa shape index (κ3) is 5.85. The lowest BCUT2D eigenvalue weighted by Gasteiger charge is -2.19. The van der Waals surface area contributed by atoms with Crippen molar-refractivity contribution in [2.75, 3.05) is 18.8 Å². The van der Waals surface area contributed by atoms with Gasteiger partial charge in [-0.3, -0.25) is 0 Å². The van der Waals surface area contributed by atoms with Crippen LogP contribution >= 0.6 is 0 Å². The standard InChI is InChI=1S/C15H28N4O3S/c1-7-16-14(17-8-9-23(20,21)15(4,5)6)18-10-13-19-11(2)12(3)22-13/h7-10H2,1-6H3,(H2,16,17,18). The monoisotopic (exact) mass is 344 g/mol. The molecule has 0 radical (unpaired) electrons. The molecule has 1 aromatic heterocycles. The van der Waals surface area contributed by atoms with E-state index in [9.17, 15) is 8.42 Å². The fourth-order valence-corrected chi connectivity index (χ4v) is 2.69. The summed E-state index contributed by atoms with van der Waals surface area (Å²) in [5.41, 5.74) is 0.851. The molecule has 8 heteroatoms. The number of guanidine groups is 1. The van der Waals surface area contributed by atoms with Crippen molar-refractivity contribution in [1.29, 1.82) is 0 Å². The predicted molar refractivity (Wildman–Crippen MR) is 92.3 cm³/mol. The highest BCUT2D eigenvalue weighted by molar-refractivity contribution is 7.92. The van der Waals surface area contributed by atoms with Crippen LogP contribution in [0.1, 0.15) is 45.0 Å². The number of aliphatic imine (C=N–C) groups is 1. The maximum Gasteiger partial charge on any atom is 0.216 e. The summed E-state index contributed by atoms with van der Waals surface area (Å²) < 4.78 is 28.9. The van der Waals surface area contributed by atoms with Crippen molar-refractivity contribution in [2.24, 2.45) is 4.99 Å². The molecule has 0 unspecified atom stereocenters. The van der Waals surface area contributed by atoms with Gasteiger partial charge in [0, 0.05) is 13.1 Å². The quantitative estimate of drug-likeness (QED) is 0.600. The van der Waals surface area contributed by atoms with Crippen molar-refractivity contribution in [3.05, 3.63) is 17.3 Å². The second-order valence-electron chi connectivity index (χ2n) is 6.30. The molecule has 0 fully saturated rings. The number of aromatic nitrogens is 1. The number of rotatable bonds is 6. The Morgan fingerprint density at radius 3 is 2.39 bits per heavy atom. The molecule has 0 spiro atoms. The Morgan fingerprint density at radius 2 is 1.91 bits per heavy atom. The van der Waals surface area contributed by atoms with Gasteiger partial charge in [-0.05, 0) is 41.5 Å². The van der Waals surface area contributed by atoms with E-state index in [1.165, 1.54) is 0 Å². The van der Waals surface area contributed by atoms with Crippen LogP contribution in [-0.2, 0) is 16.4 Å². The van der Waals surface area contributed by atoms with Crippen LogP contribution in [0.5, 0.6) is 0 Å². The molecule has 0 aliphatic carbocycles. The van der Waals surface area contributed by atoms with Gasteiger partial charge in [-0.2, -0.15) is 0 Å². The maximum atomic E-state index is 12.1. The van der Waals surface area contributed by atoms with E-state index in [0.717, 1.165) is 11.5 Å². The Morgan fingerprint density at radius 1 is 1.26 bits per heavy atom. The van der Waals surface area contributed by atoms with Crippen LogP contribution in [-0.4, -0.2) is 43.0 Å². The first kappa shape index (κ1) is 19.5. The second-order valence-corrected chi connectivity index (χ2v) is 9.16. The Kier molecular flexibility index (Phi) is 6.61. The van der Waals surface area contributed by atoms with Crippen LogP contribution in [0.4, 0.5) is 0 Å². The van der Waals surface area contributed by atoms with E-state index >= 15 is 0 Å². The lowest BCUT2D eigenvalue weighted by Crippen LogP contribution is -2.41. The van der Waals surface area contributed by atoms with Crippen LogP contribution in [0.2, 0.25) is 0 Å². The summed E-state index contributed by atoms with van der Waals surface area (Å²) in [6.07, 6.45) is 0. The van der Waals surface area contributed by atoms with Crippen LogP contribution in [0, 0.1) is 13.8 Å². The minimum atomic E-state index is -3.15. The molecule has 0 atom stereocenters. The van der Waals surface area contributed by atoms with E-state index in [4.69, 9.17) is 4.42 Å². The zero-order valence-corrected chi connectivity index (χ0v) is 15.7. The minimum absolute atomic E-state index is 0.0537. The van der Waals surface area contributed by atoms with Gasteiger partial charge < -0.3 is 15.1 Å². The van der Waals surface area contributed by atoms with Gasteiger partial charge in [0.25, 0.3) is 0 Å². The number of nitrogens with zero attached hydrogens (tertiary/aromatic N) is 2. The van der Waals surface area contributed by atoms with E-state index in [-0.39, 0.29) is 5.75 Å². The first-order valence-electron chi connectivity index (χ1n) is 7.74. The zero-order valence-electron chi connectivity index (χ0n) is 14.9. The number of sulfone groups is 1. The van der Waals surface area contributed by atoms with Gasteiger partial charge in [0.05, 0.1) is 16.2 Å². The molecular weight excluding hydrogens is 316 g/mol.